The van der Waals surface area contributed by atoms with Crippen molar-refractivity contribution in [3.8, 4) is 0 Å². The van der Waals surface area contributed by atoms with Crippen LogP contribution >= 0.6 is 39.1 Å². The average molecular weight is 360 g/mol. The van der Waals surface area contributed by atoms with Crippen LogP contribution in [0.2, 0.25) is 10.0 Å². The van der Waals surface area contributed by atoms with Crippen LogP contribution in [0, 0.1) is 0 Å². The van der Waals surface area contributed by atoms with Gasteiger partial charge < -0.3 is 0 Å². The molecule has 2 aromatic rings. The van der Waals surface area contributed by atoms with Gasteiger partial charge in [0.25, 0.3) is 0 Å². The Balaban J connectivity index is 2.34. The van der Waals surface area contributed by atoms with Crippen LogP contribution in [-0.2, 0) is 6.42 Å². The third kappa shape index (κ3) is 3.50. The number of nitrogens with one attached hydrogen (secondary N) is 1. The van der Waals surface area contributed by atoms with Crippen LogP contribution in [0.1, 0.15) is 17.2 Å². The van der Waals surface area contributed by atoms with Crippen LogP contribution in [0.25, 0.3) is 0 Å². The van der Waals surface area contributed by atoms with Crippen molar-refractivity contribution in [2.45, 2.75) is 12.5 Å². The highest BCUT2D eigenvalue weighted by atomic mass is 79.9. The first kappa shape index (κ1) is 14.8. The van der Waals surface area contributed by atoms with Crippen molar-refractivity contribution in [2.24, 2.45) is 5.84 Å². The van der Waals surface area contributed by atoms with Gasteiger partial charge in [-0.1, -0.05) is 63.4 Å². The van der Waals surface area contributed by atoms with Crippen molar-refractivity contribution in [2.75, 3.05) is 0 Å². The highest BCUT2D eigenvalue weighted by molar-refractivity contribution is 9.10. The molecule has 0 aromatic heterocycles. The van der Waals surface area contributed by atoms with Gasteiger partial charge in [-0.05, 0) is 30.2 Å². The van der Waals surface area contributed by atoms with Crippen LogP contribution in [0.15, 0.2) is 46.9 Å². The third-order valence-corrected chi connectivity index (χ3v) is 4.36. The lowest BCUT2D eigenvalue weighted by Crippen LogP contribution is -2.30. The molecule has 2 rings (SSSR count). The Morgan fingerprint density at radius 1 is 1.05 bits per heavy atom. The Morgan fingerprint density at radius 3 is 2.26 bits per heavy atom. The van der Waals surface area contributed by atoms with Gasteiger partial charge in [0.1, 0.15) is 0 Å². The summed E-state index contributed by atoms with van der Waals surface area (Å²) in [5, 5.41) is 1.23. The van der Waals surface area contributed by atoms with E-state index in [1.807, 2.05) is 42.5 Å². The lowest BCUT2D eigenvalue weighted by Gasteiger charge is -2.19. The highest BCUT2D eigenvalue weighted by Gasteiger charge is 2.18. The molecule has 0 aliphatic rings. The fourth-order valence-electron chi connectivity index (χ4n) is 1.97. The minimum absolute atomic E-state index is 0.139. The number of hydrogen-bond acceptors (Lipinski definition) is 2. The van der Waals surface area contributed by atoms with E-state index in [1.54, 1.807) is 0 Å². The molecular formula is C14H13BrCl2N2. The Bertz CT molecular complexity index is 555. The first-order valence-corrected chi connectivity index (χ1v) is 7.32. The van der Waals surface area contributed by atoms with E-state index >= 15 is 0 Å². The molecular weight excluding hydrogens is 347 g/mol. The van der Waals surface area contributed by atoms with Gasteiger partial charge >= 0.3 is 0 Å². The maximum atomic E-state index is 6.22. The maximum absolute atomic E-state index is 6.22. The van der Waals surface area contributed by atoms with Crippen molar-refractivity contribution in [1.82, 2.24) is 5.43 Å². The third-order valence-electron chi connectivity index (χ3n) is 2.93. The summed E-state index contributed by atoms with van der Waals surface area (Å²) in [5.41, 5.74) is 4.75. The lowest BCUT2D eigenvalue weighted by atomic mass is 9.99. The molecule has 0 saturated heterocycles. The molecule has 0 bridgehead atoms. The lowest BCUT2D eigenvalue weighted by molar-refractivity contribution is 0.551. The SMILES string of the molecule is NNC(Cc1ccccc1Br)c1c(Cl)cccc1Cl. The molecule has 0 spiro atoms. The Kier molecular flexibility index (Phi) is 5.25. The van der Waals surface area contributed by atoms with Gasteiger partial charge in [0.15, 0.2) is 0 Å². The van der Waals surface area contributed by atoms with E-state index in [0.717, 1.165) is 15.6 Å². The minimum atomic E-state index is -0.139. The number of halogens is 3. The molecule has 2 aromatic carbocycles. The van der Waals surface area contributed by atoms with E-state index in [1.165, 1.54) is 0 Å². The number of benzene rings is 2. The van der Waals surface area contributed by atoms with Crippen molar-refractivity contribution >= 4 is 39.1 Å². The predicted octanol–water partition coefficient (Wildman–Crippen LogP) is 4.50. The average Bonchev–Trinajstić information content (AvgIpc) is 2.39. The van der Waals surface area contributed by atoms with Crippen molar-refractivity contribution in [3.63, 3.8) is 0 Å². The van der Waals surface area contributed by atoms with Crippen molar-refractivity contribution in [3.05, 3.63) is 68.1 Å². The second-order valence-electron chi connectivity index (χ2n) is 4.15. The molecule has 0 heterocycles. The predicted molar refractivity (Wildman–Crippen MR) is 84.4 cm³/mol. The topological polar surface area (TPSA) is 38.0 Å². The fraction of sp³-hybridized carbons (Fsp3) is 0.143. The van der Waals surface area contributed by atoms with Crippen LogP contribution in [0.4, 0.5) is 0 Å². The molecule has 5 heteroatoms. The monoisotopic (exact) mass is 358 g/mol. The van der Waals surface area contributed by atoms with E-state index in [0.29, 0.717) is 16.5 Å². The molecule has 1 atom stereocenters. The first-order valence-electron chi connectivity index (χ1n) is 5.77. The van der Waals surface area contributed by atoms with E-state index < -0.39 is 0 Å². The van der Waals surface area contributed by atoms with Gasteiger partial charge in [-0.2, -0.15) is 0 Å². The van der Waals surface area contributed by atoms with Crippen molar-refractivity contribution in [1.29, 1.82) is 0 Å². The number of rotatable bonds is 4. The normalized spacial score (nSPS) is 12.4. The van der Waals surface area contributed by atoms with Crippen LogP contribution in [0.5, 0.6) is 0 Å². The Labute approximate surface area is 131 Å². The Hall–Kier alpha value is -0.580. The molecule has 1 unspecified atom stereocenters. The second-order valence-corrected chi connectivity index (χ2v) is 5.82. The summed E-state index contributed by atoms with van der Waals surface area (Å²) >= 11 is 16.0. The van der Waals surface area contributed by atoms with Crippen LogP contribution < -0.4 is 11.3 Å². The summed E-state index contributed by atoms with van der Waals surface area (Å²) in [5.74, 6) is 5.66. The summed E-state index contributed by atoms with van der Waals surface area (Å²) in [6, 6.07) is 13.3. The van der Waals surface area contributed by atoms with Gasteiger partial charge in [-0.3, -0.25) is 11.3 Å². The largest absolute Gasteiger partial charge is 0.271 e. The zero-order valence-corrected chi connectivity index (χ0v) is 13.1. The van der Waals surface area contributed by atoms with E-state index in [4.69, 9.17) is 29.0 Å². The minimum Gasteiger partial charge on any atom is -0.271 e. The van der Waals surface area contributed by atoms with Gasteiger partial charge in [0.05, 0.1) is 6.04 Å². The zero-order chi connectivity index (χ0) is 13.8. The summed E-state index contributed by atoms with van der Waals surface area (Å²) in [6.07, 6.45) is 0.696. The number of nitrogens with two attached hydrogens (primary N) is 1. The van der Waals surface area contributed by atoms with Gasteiger partial charge in [0, 0.05) is 20.1 Å². The molecule has 0 aliphatic heterocycles. The zero-order valence-electron chi connectivity index (χ0n) is 10.0. The number of hydrazine groups is 1. The fourth-order valence-corrected chi connectivity index (χ4v) is 3.08. The van der Waals surface area contributed by atoms with Crippen molar-refractivity contribution < 1.29 is 0 Å². The van der Waals surface area contributed by atoms with Crippen LogP contribution in [-0.4, -0.2) is 0 Å². The maximum Gasteiger partial charge on any atom is 0.0530 e. The Morgan fingerprint density at radius 2 is 1.68 bits per heavy atom. The van der Waals surface area contributed by atoms with Crippen LogP contribution in [0.3, 0.4) is 0 Å². The van der Waals surface area contributed by atoms with E-state index in [9.17, 15) is 0 Å². The number of hydrogen-bond donors (Lipinski definition) is 2. The smallest absolute Gasteiger partial charge is 0.0530 e. The molecule has 2 nitrogen and oxygen atoms in total. The van der Waals surface area contributed by atoms with Gasteiger partial charge in [-0.25, -0.2) is 0 Å². The molecule has 0 fully saturated rings. The summed E-state index contributed by atoms with van der Waals surface area (Å²) in [4.78, 5) is 0. The standard InChI is InChI=1S/C14H13BrCl2N2/c15-10-5-2-1-4-9(10)8-13(19-18)14-11(16)6-3-7-12(14)17/h1-7,13,19H,8,18H2. The molecule has 0 amide bonds. The molecule has 19 heavy (non-hydrogen) atoms. The first-order chi connectivity index (χ1) is 9.13. The molecule has 0 radical (unpaired) electrons. The van der Waals surface area contributed by atoms with E-state index in [-0.39, 0.29) is 6.04 Å². The second kappa shape index (κ2) is 6.73. The highest BCUT2D eigenvalue weighted by Crippen LogP contribution is 2.32. The molecule has 100 valence electrons. The summed E-state index contributed by atoms with van der Waals surface area (Å²) in [6.45, 7) is 0. The molecule has 3 N–H and O–H groups in total. The summed E-state index contributed by atoms with van der Waals surface area (Å²) in [7, 11) is 0. The molecule has 0 aliphatic carbocycles. The molecule has 0 saturated carbocycles. The summed E-state index contributed by atoms with van der Waals surface area (Å²) < 4.78 is 1.04. The van der Waals surface area contributed by atoms with E-state index in [2.05, 4.69) is 21.4 Å². The van der Waals surface area contributed by atoms with Gasteiger partial charge in [0.2, 0.25) is 0 Å². The van der Waals surface area contributed by atoms with Gasteiger partial charge in [-0.15, -0.1) is 0 Å². The quantitative estimate of drug-likeness (QED) is 0.622.